The zero-order chi connectivity index (χ0) is 23.5. The van der Waals surface area contributed by atoms with E-state index in [2.05, 4.69) is 29.2 Å². The van der Waals surface area contributed by atoms with Gasteiger partial charge in [0.25, 0.3) is 5.91 Å². The SMILES string of the molecule is COCCN(CC1CCCN(C2Cc3ccccc3C2)C1)C(O)(O)c1ccc2ccccc2c1. The first-order chi connectivity index (χ1) is 16.5. The van der Waals surface area contributed by atoms with Crippen LogP contribution < -0.4 is 0 Å². The molecule has 1 fully saturated rings. The minimum absolute atomic E-state index is 0.383. The number of likely N-dealkylation sites (tertiary alicyclic amines) is 1. The molecule has 0 radical (unpaired) electrons. The fourth-order valence-electron chi connectivity index (χ4n) is 5.84. The Hall–Kier alpha value is -2.28. The monoisotopic (exact) mass is 460 g/mol. The zero-order valence-electron chi connectivity index (χ0n) is 20.1. The fraction of sp³-hybridized carbons (Fsp3) is 0.448. The lowest BCUT2D eigenvalue weighted by Crippen LogP contribution is -2.52. The lowest BCUT2D eigenvalue weighted by Gasteiger charge is -2.42. The Labute approximate surface area is 202 Å². The molecule has 2 N–H and O–H groups in total. The topological polar surface area (TPSA) is 56.2 Å². The van der Waals surface area contributed by atoms with Crippen LogP contribution in [0.15, 0.2) is 66.7 Å². The van der Waals surface area contributed by atoms with Crippen LogP contribution in [0, 0.1) is 5.92 Å². The van der Waals surface area contributed by atoms with Crippen LogP contribution in [0.1, 0.15) is 29.5 Å². The van der Waals surface area contributed by atoms with Crippen molar-refractivity contribution in [2.45, 2.75) is 37.6 Å². The Kier molecular flexibility index (Phi) is 7.00. The van der Waals surface area contributed by atoms with Crippen molar-refractivity contribution in [2.24, 2.45) is 5.92 Å². The smallest absolute Gasteiger partial charge is 0.253 e. The van der Waals surface area contributed by atoms with Gasteiger partial charge in [-0.2, -0.15) is 0 Å². The number of benzene rings is 3. The van der Waals surface area contributed by atoms with Gasteiger partial charge in [-0.1, -0.05) is 60.7 Å². The molecule has 3 aromatic rings. The third-order valence-corrected chi connectivity index (χ3v) is 7.72. The van der Waals surface area contributed by atoms with Gasteiger partial charge in [0.1, 0.15) is 0 Å². The van der Waals surface area contributed by atoms with Gasteiger partial charge in [-0.05, 0) is 66.1 Å². The van der Waals surface area contributed by atoms with Gasteiger partial charge >= 0.3 is 0 Å². The van der Waals surface area contributed by atoms with Crippen LogP contribution in [0.3, 0.4) is 0 Å². The molecule has 5 heteroatoms. The standard InChI is InChI=1S/C29H36N2O3/c1-34-16-15-31(29(32,33)27-13-12-23-8-2-3-9-24(23)17-27)21-22-7-6-14-30(20-22)28-18-25-10-4-5-11-26(25)19-28/h2-5,8-13,17,22,28,32-33H,6-7,14-16,18-21H2,1H3. The summed E-state index contributed by atoms with van der Waals surface area (Å²) in [5.74, 6) is -1.66. The molecule has 1 saturated heterocycles. The zero-order valence-corrected chi connectivity index (χ0v) is 20.1. The molecule has 1 aliphatic heterocycles. The van der Waals surface area contributed by atoms with Gasteiger partial charge in [0.05, 0.1) is 6.61 Å². The number of hydrogen-bond donors (Lipinski definition) is 2. The minimum atomic E-state index is -2.05. The number of nitrogens with zero attached hydrogens (tertiary/aromatic N) is 2. The number of fused-ring (bicyclic) bond motifs is 2. The molecule has 1 heterocycles. The maximum atomic E-state index is 11.4. The Morgan fingerprint density at radius 2 is 1.68 bits per heavy atom. The van der Waals surface area contributed by atoms with Crippen LogP contribution in [0.5, 0.6) is 0 Å². The molecule has 5 nitrogen and oxygen atoms in total. The molecule has 0 amide bonds. The van der Waals surface area contributed by atoms with Crippen molar-refractivity contribution in [1.29, 1.82) is 0 Å². The second kappa shape index (κ2) is 10.1. The first kappa shape index (κ1) is 23.5. The van der Waals surface area contributed by atoms with E-state index >= 15 is 0 Å². The summed E-state index contributed by atoms with van der Waals surface area (Å²) >= 11 is 0. The van der Waals surface area contributed by atoms with Crippen molar-refractivity contribution in [2.75, 3.05) is 39.9 Å². The van der Waals surface area contributed by atoms with Gasteiger partial charge in [0.2, 0.25) is 0 Å². The molecule has 180 valence electrons. The minimum Gasteiger partial charge on any atom is -0.383 e. The van der Waals surface area contributed by atoms with Gasteiger partial charge in [0, 0.05) is 38.3 Å². The number of rotatable bonds is 8. The Morgan fingerprint density at radius 3 is 2.41 bits per heavy atom. The molecule has 34 heavy (non-hydrogen) atoms. The fourth-order valence-corrected chi connectivity index (χ4v) is 5.84. The Bertz CT molecular complexity index is 1090. The van der Waals surface area contributed by atoms with E-state index in [-0.39, 0.29) is 0 Å². The molecule has 0 spiro atoms. The predicted octanol–water partition coefficient (Wildman–Crippen LogP) is 3.76. The number of piperidine rings is 1. The van der Waals surface area contributed by atoms with E-state index in [0.29, 0.717) is 37.2 Å². The number of aliphatic hydroxyl groups is 2. The van der Waals surface area contributed by atoms with Gasteiger partial charge in [0.15, 0.2) is 0 Å². The average molecular weight is 461 g/mol. The van der Waals surface area contributed by atoms with E-state index in [4.69, 9.17) is 4.74 Å². The predicted molar refractivity (Wildman–Crippen MR) is 135 cm³/mol. The summed E-state index contributed by atoms with van der Waals surface area (Å²) in [6, 6.07) is 23.1. The van der Waals surface area contributed by atoms with E-state index in [9.17, 15) is 10.2 Å². The maximum absolute atomic E-state index is 11.4. The summed E-state index contributed by atoms with van der Waals surface area (Å²) in [5.41, 5.74) is 3.47. The van der Waals surface area contributed by atoms with Crippen molar-refractivity contribution >= 4 is 10.8 Å². The van der Waals surface area contributed by atoms with E-state index in [1.54, 1.807) is 12.0 Å². The molecular weight excluding hydrogens is 424 g/mol. The summed E-state index contributed by atoms with van der Waals surface area (Å²) in [4.78, 5) is 4.42. The highest BCUT2D eigenvalue weighted by molar-refractivity contribution is 5.83. The first-order valence-corrected chi connectivity index (χ1v) is 12.5. The van der Waals surface area contributed by atoms with Crippen molar-refractivity contribution in [3.05, 3.63) is 83.4 Å². The van der Waals surface area contributed by atoms with Crippen molar-refractivity contribution in [1.82, 2.24) is 9.80 Å². The highest BCUT2D eigenvalue weighted by Crippen LogP contribution is 2.31. The molecular formula is C29H36N2O3. The van der Waals surface area contributed by atoms with Crippen LogP contribution in [-0.2, 0) is 23.5 Å². The normalized spacial score (nSPS) is 19.7. The van der Waals surface area contributed by atoms with Gasteiger partial charge < -0.3 is 14.9 Å². The number of ether oxygens (including phenoxy) is 1. The van der Waals surface area contributed by atoms with Crippen LogP contribution in [-0.4, -0.2) is 66.0 Å². The summed E-state index contributed by atoms with van der Waals surface area (Å²) in [7, 11) is 1.66. The highest BCUT2D eigenvalue weighted by Gasteiger charge is 2.37. The third kappa shape index (κ3) is 4.90. The summed E-state index contributed by atoms with van der Waals surface area (Å²) in [6.07, 6.45) is 4.50. The molecule has 1 atom stereocenters. The Morgan fingerprint density at radius 1 is 0.971 bits per heavy atom. The lowest BCUT2D eigenvalue weighted by molar-refractivity contribution is -0.280. The molecule has 1 aliphatic carbocycles. The van der Waals surface area contributed by atoms with Crippen LogP contribution >= 0.6 is 0 Å². The number of hydrogen-bond acceptors (Lipinski definition) is 5. The second-order valence-corrected chi connectivity index (χ2v) is 9.97. The van der Waals surface area contributed by atoms with Crippen molar-refractivity contribution in [3.8, 4) is 0 Å². The average Bonchev–Trinajstić information content (AvgIpc) is 3.31. The highest BCUT2D eigenvalue weighted by atomic mass is 16.5. The van der Waals surface area contributed by atoms with Gasteiger partial charge in [-0.3, -0.25) is 4.90 Å². The Balaban J connectivity index is 1.31. The quantitative estimate of drug-likeness (QED) is 0.502. The first-order valence-electron chi connectivity index (χ1n) is 12.5. The molecule has 0 aromatic heterocycles. The second-order valence-electron chi connectivity index (χ2n) is 9.97. The van der Waals surface area contributed by atoms with Gasteiger partial charge in [-0.25, -0.2) is 4.90 Å². The largest absolute Gasteiger partial charge is 0.383 e. The van der Waals surface area contributed by atoms with Gasteiger partial charge in [-0.15, -0.1) is 0 Å². The van der Waals surface area contributed by atoms with Crippen LogP contribution in [0.25, 0.3) is 10.8 Å². The van der Waals surface area contributed by atoms with Crippen molar-refractivity contribution < 1.29 is 14.9 Å². The third-order valence-electron chi connectivity index (χ3n) is 7.72. The van der Waals surface area contributed by atoms with E-state index in [1.165, 1.54) is 11.1 Å². The van der Waals surface area contributed by atoms with Crippen LogP contribution in [0.2, 0.25) is 0 Å². The summed E-state index contributed by atoms with van der Waals surface area (Å²) < 4.78 is 5.33. The van der Waals surface area contributed by atoms with E-state index in [1.807, 2.05) is 42.5 Å². The van der Waals surface area contributed by atoms with E-state index in [0.717, 1.165) is 49.5 Å². The molecule has 0 bridgehead atoms. The molecule has 3 aromatic carbocycles. The molecule has 0 saturated carbocycles. The molecule has 5 rings (SSSR count). The summed E-state index contributed by atoms with van der Waals surface area (Å²) in [6.45, 7) is 3.66. The van der Waals surface area contributed by atoms with Crippen LogP contribution in [0.4, 0.5) is 0 Å². The lowest BCUT2D eigenvalue weighted by atomic mass is 9.94. The van der Waals surface area contributed by atoms with Crippen molar-refractivity contribution in [3.63, 3.8) is 0 Å². The summed E-state index contributed by atoms with van der Waals surface area (Å²) in [5, 5.41) is 24.8. The molecule has 1 unspecified atom stereocenters. The van der Waals surface area contributed by atoms with E-state index < -0.39 is 5.91 Å². The maximum Gasteiger partial charge on any atom is 0.253 e. The molecule has 2 aliphatic rings. The number of methoxy groups -OCH3 is 1.